The minimum atomic E-state index is -1.15. The van der Waals surface area contributed by atoms with Crippen LogP contribution in [0.4, 0.5) is 5.69 Å². The summed E-state index contributed by atoms with van der Waals surface area (Å²) in [7, 11) is 0. The number of ether oxygens (including phenoxy) is 1. The van der Waals surface area contributed by atoms with Crippen LogP contribution >= 0.6 is 11.6 Å². The molecule has 4 heterocycles. The smallest absolute Gasteiger partial charge is 0.246 e. The molecule has 2 bridgehead atoms. The van der Waals surface area contributed by atoms with Gasteiger partial charge >= 0.3 is 0 Å². The summed E-state index contributed by atoms with van der Waals surface area (Å²) in [6.45, 7) is 8.82. The maximum atomic E-state index is 14.3. The van der Waals surface area contributed by atoms with Gasteiger partial charge in [-0.3, -0.25) is 19.3 Å². The first kappa shape index (κ1) is 28.7. The molecule has 0 unspecified atom stereocenters. The van der Waals surface area contributed by atoms with Crippen molar-refractivity contribution in [2.75, 3.05) is 25.0 Å². The van der Waals surface area contributed by atoms with E-state index < -0.39 is 29.6 Å². The van der Waals surface area contributed by atoms with Gasteiger partial charge in [-0.15, -0.1) is 0 Å². The summed E-state index contributed by atoms with van der Waals surface area (Å²) < 4.78 is 6.53. The first-order valence-electron chi connectivity index (χ1n) is 15.5. The maximum absolute atomic E-state index is 14.3. The number of benzene rings is 1. The van der Waals surface area contributed by atoms with Gasteiger partial charge in [-0.1, -0.05) is 56.9 Å². The van der Waals surface area contributed by atoms with E-state index >= 15 is 0 Å². The molecule has 9 heteroatoms. The minimum Gasteiger partial charge on any atom is -0.359 e. The largest absolute Gasteiger partial charge is 0.359 e. The highest BCUT2D eigenvalue weighted by Crippen LogP contribution is 2.55. The number of nitrogens with one attached hydrogen (secondary N) is 2. The summed E-state index contributed by atoms with van der Waals surface area (Å²) >= 11 is 6.03. The predicted molar refractivity (Wildman–Crippen MR) is 158 cm³/mol. The molecule has 1 aromatic rings. The molecular formula is C32H43ClN4O4. The number of likely N-dealkylation sites (tertiary alicyclic amines) is 2. The number of nitrogens with zero attached hydrogens (tertiary/aromatic N) is 2. The van der Waals surface area contributed by atoms with E-state index in [2.05, 4.69) is 36.3 Å². The summed E-state index contributed by atoms with van der Waals surface area (Å²) in [4.78, 5) is 46.3. The van der Waals surface area contributed by atoms with Gasteiger partial charge < -0.3 is 20.3 Å². The van der Waals surface area contributed by atoms with Gasteiger partial charge in [0.25, 0.3) is 0 Å². The van der Waals surface area contributed by atoms with Gasteiger partial charge in [0, 0.05) is 35.9 Å². The van der Waals surface area contributed by atoms with Gasteiger partial charge in [0.05, 0.1) is 17.9 Å². The van der Waals surface area contributed by atoms with E-state index in [1.165, 1.54) is 12.8 Å². The van der Waals surface area contributed by atoms with E-state index in [9.17, 15) is 14.4 Å². The topological polar surface area (TPSA) is 91.0 Å². The molecule has 4 fully saturated rings. The van der Waals surface area contributed by atoms with E-state index in [4.69, 9.17) is 16.3 Å². The molecule has 1 saturated carbocycles. The third kappa shape index (κ3) is 5.10. The van der Waals surface area contributed by atoms with Crippen molar-refractivity contribution in [2.24, 2.45) is 23.7 Å². The van der Waals surface area contributed by atoms with Gasteiger partial charge in [0.1, 0.15) is 11.6 Å². The molecule has 4 aliphatic heterocycles. The fourth-order valence-corrected chi connectivity index (χ4v) is 8.17. The quantitative estimate of drug-likeness (QED) is 0.469. The average molecular weight is 583 g/mol. The summed E-state index contributed by atoms with van der Waals surface area (Å²) in [6.07, 6.45) is 9.91. The Kier molecular flexibility index (Phi) is 7.94. The number of carbonyl (C=O) groups excluding carboxylic acids is 3. The molecule has 3 amide bonds. The van der Waals surface area contributed by atoms with Crippen molar-refractivity contribution in [1.29, 1.82) is 0 Å². The van der Waals surface area contributed by atoms with Crippen molar-refractivity contribution >= 4 is 35.0 Å². The fourth-order valence-electron chi connectivity index (χ4n) is 8.04. The van der Waals surface area contributed by atoms with Crippen molar-refractivity contribution in [1.82, 2.24) is 15.1 Å². The van der Waals surface area contributed by atoms with Gasteiger partial charge in [-0.2, -0.15) is 0 Å². The van der Waals surface area contributed by atoms with Gasteiger partial charge in [-0.05, 0) is 68.8 Å². The number of anilines is 1. The predicted octanol–water partition coefficient (Wildman–Crippen LogP) is 4.24. The minimum absolute atomic E-state index is 0.0624. The lowest BCUT2D eigenvalue weighted by atomic mass is 9.73. The second-order valence-corrected chi connectivity index (χ2v) is 13.4. The van der Waals surface area contributed by atoms with Crippen molar-refractivity contribution < 1.29 is 19.1 Å². The molecule has 1 aromatic carbocycles. The summed E-state index contributed by atoms with van der Waals surface area (Å²) in [5.74, 6) is -1.18. The number of halogens is 1. The molecule has 222 valence electrons. The zero-order valence-electron chi connectivity index (χ0n) is 24.4. The standard InChI is InChI=1S/C32H43ClN4O4/c1-19-7-6-9-24(21(19)3)35-30(39)28-32-15-14-25(41-32)26(29(38)34-23-12-10-22(33)11-13-23)27(32)31(40)37(28)18-17-36-16-5-4-8-20(36)2/h10-15,19-21,24-28H,4-9,16-18H2,1-3H3,(H,34,38)(H,35,39)/t19-,20+,21-,24+,25+,26-,27+,28+,32+/m1/s1. The SMILES string of the molecule is C[C@@H]1[C@H](C)CCC[C@@H]1NC(=O)[C@@H]1N(CCN2CCCC[C@@H]2C)C(=O)[C@@H]2[C@H](C(=O)Nc3ccc(Cl)cc3)[C@@H]3C=C[C@]21O3. The number of amides is 3. The molecule has 5 aliphatic rings. The Bertz CT molecular complexity index is 1210. The first-order chi connectivity index (χ1) is 19.7. The van der Waals surface area contributed by atoms with Gasteiger partial charge in [-0.25, -0.2) is 0 Å². The second kappa shape index (κ2) is 11.3. The van der Waals surface area contributed by atoms with Gasteiger partial charge in [0.15, 0.2) is 0 Å². The average Bonchev–Trinajstić information content (AvgIpc) is 3.59. The van der Waals surface area contributed by atoms with E-state index in [1.54, 1.807) is 29.2 Å². The van der Waals surface area contributed by atoms with Crippen LogP contribution in [0.3, 0.4) is 0 Å². The zero-order valence-corrected chi connectivity index (χ0v) is 25.1. The Morgan fingerprint density at radius 3 is 2.56 bits per heavy atom. The van der Waals surface area contributed by atoms with Crippen molar-refractivity contribution in [3.63, 3.8) is 0 Å². The van der Waals surface area contributed by atoms with Crippen LogP contribution in [0.1, 0.15) is 59.3 Å². The molecule has 2 N–H and O–H groups in total. The highest BCUT2D eigenvalue weighted by atomic mass is 35.5. The molecule has 41 heavy (non-hydrogen) atoms. The maximum Gasteiger partial charge on any atom is 0.246 e. The Morgan fingerprint density at radius 2 is 1.80 bits per heavy atom. The molecule has 6 rings (SSSR count). The number of hydrogen-bond donors (Lipinski definition) is 2. The summed E-state index contributed by atoms with van der Waals surface area (Å²) in [6, 6.07) is 6.61. The number of hydrogen-bond acceptors (Lipinski definition) is 5. The lowest BCUT2D eigenvalue weighted by Crippen LogP contribution is -2.58. The van der Waals surface area contributed by atoms with Crippen LogP contribution in [0.5, 0.6) is 0 Å². The highest BCUT2D eigenvalue weighted by Gasteiger charge is 2.72. The van der Waals surface area contributed by atoms with Gasteiger partial charge in [0.2, 0.25) is 17.7 Å². The lowest BCUT2D eigenvalue weighted by Gasteiger charge is -2.39. The second-order valence-electron chi connectivity index (χ2n) is 13.0. The third-order valence-corrected chi connectivity index (χ3v) is 10.9. The Labute approximate surface area is 248 Å². The summed E-state index contributed by atoms with van der Waals surface area (Å²) in [5.41, 5.74) is -0.540. The molecule has 1 spiro atoms. The van der Waals surface area contributed by atoms with Crippen LogP contribution in [0, 0.1) is 23.7 Å². The van der Waals surface area contributed by atoms with E-state index in [-0.39, 0.29) is 23.8 Å². The van der Waals surface area contributed by atoms with Crippen LogP contribution in [-0.4, -0.2) is 77.0 Å². The van der Waals surface area contributed by atoms with E-state index in [0.717, 1.165) is 32.2 Å². The van der Waals surface area contributed by atoms with Crippen LogP contribution in [0.2, 0.25) is 5.02 Å². The number of piperidine rings is 1. The zero-order chi connectivity index (χ0) is 28.9. The van der Waals surface area contributed by atoms with Crippen LogP contribution in [0.15, 0.2) is 36.4 Å². The fraction of sp³-hybridized carbons (Fsp3) is 0.656. The number of carbonyl (C=O) groups is 3. The molecular weight excluding hydrogens is 540 g/mol. The van der Waals surface area contributed by atoms with Crippen LogP contribution in [0.25, 0.3) is 0 Å². The van der Waals surface area contributed by atoms with Crippen molar-refractivity contribution in [2.45, 2.75) is 89.1 Å². The monoisotopic (exact) mass is 582 g/mol. The van der Waals surface area contributed by atoms with E-state index in [0.29, 0.717) is 41.7 Å². The number of fused-ring (bicyclic) bond motifs is 1. The van der Waals surface area contributed by atoms with Crippen molar-refractivity contribution in [3.05, 3.63) is 41.4 Å². The highest BCUT2D eigenvalue weighted by molar-refractivity contribution is 6.30. The molecule has 1 aliphatic carbocycles. The van der Waals surface area contributed by atoms with Crippen molar-refractivity contribution in [3.8, 4) is 0 Å². The molecule has 0 aromatic heterocycles. The number of rotatable bonds is 7. The lowest BCUT2D eigenvalue weighted by molar-refractivity contribution is -0.142. The Hall–Kier alpha value is -2.42. The molecule has 0 radical (unpaired) electrons. The Morgan fingerprint density at radius 1 is 1.02 bits per heavy atom. The Balaban J connectivity index is 1.28. The van der Waals surface area contributed by atoms with E-state index in [1.807, 2.05) is 12.2 Å². The molecule has 3 saturated heterocycles. The molecule has 8 nitrogen and oxygen atoms in total. The van der Waals surface area contributed by atoms with Crippen LogP contribution < -0.4 is 10.6 Å². The third-order valence-electron chi connectivity index (χ3n) is 10.6. The molecule has 9 atom stereocenters. The first-order valence-corrected chi connectivity index (χ1v) is 15.9. The van der Waals surface area contributed by atoms with Crippen LogP contribution in [-0.2, 0) is 19.1 Å². The summed E-state index contributed by atoms with van der Waals surface area (Å²) in [5, 5.41) is 6.88. The normalized spacial score (nSPS) is 38.2.